The second-order valence-corrected chi connectivity index (χ2v) is 12.6. The molecule has 212 valence electrons. The smallest absolute Gasteiger partial charge is 0.143 e. The lowest BCUT2D eigenvalue weighted by Crippen LogP contribution is -1.94. The molecule has 0 saturated heterocycles. The van der Waals surface area contributed by atoms with Gasteiger partial charge < -0.3 is 4.42 Å². The number of hydrogen-bond donors (Lipinski definition) is 0. The van der Waals surface area contributed by atoms with Crippen LogP contribution in [-0.2, 0) is 0 Å². The van der Waals surface area contributed by atoms with Gasteiger partial charge in [0, 0.05) is 33.8 Å². The van der Waals surface area contributed by atoms with Crippen LogP contribution in [0.2, 0.25) is 0 Å². The first-order chi connectivity index (χ1) is 22.8. The van der Waals surface area contributed by atoms with Gasteiger partial charge in [-0.3, -0.25) is 4.98 Å². The van der Waals surface area contributed by atoms with E-state index >= 15 is 0 Å². The fourth-order valence-corrected chi connectivity index (χ4v) is 8.37. The topological polar surface area (TPSA) is 26.0 Å². The first-order valence-corrected chi connectivity index (χ1v) is 15.9. The van der Waals surface area contributed by atoms with Crippen LogP contribution in [0, 0.1) is 0 Å². The van der Waals surface area contributed by atoms with Crippen molar-refractivity contribution in [3.05, 3.63) is 162 Å². The fraction of sp³-hybridized carbons (Fsp3) is 0.0227. The van der Waals surface area contributed by atoms with Gasteiger partial charge in [-0.05, 0) is 109 Å². The summed E-state index contributed by atoms with van der Waals surface area (Å²) in [6.07, 6.45) is 1.87. The number of hydrogen-bond acceptors (Lipinski definition) is 2. The molecule has 11 rings (SSSR count). The largest absolute Gasteiger partial charge is 0.455 e. The third-order valence-corrected chi connectivity index (χ3v) is 10.3. The molecule has 7 aromatic carbocycles. The van der Waals surface area contributed by atoms with Crippen LogP contribution < -0.4 is 0 Å². The summed E-state index contributed by atoms with van der Waals surface area (Å²) in [6.45, 7) is 0. The average Bonchev–Trinajstić information content (AvgIpc) is 3.78. The van der Waals surface area contributed by atoms with Gasteiger partial charge in [-0.25, -0.2) is 0 Å². The standard InChI is InChI=1S/C44H25NO/c1-5-13-32-28(9-1)29-10-3-6-14-34(29)44-43(32)35-19-16-25(24-40(35)46-44)27-22-37-30-11-2-4-12-31(30)41-33-18-17-26(39-15-7-8-20-45-39)21-36(33)38(23-27)42(37)41/h1-24,41H. The summed E-state index contributed by atoms with van der Waals surface area (Å²) in [5.41, 5.74) is 15.9. The van der Waals surface area contributed by atoms with E-state index in [0.29, 0.717) is 0 Å². The zero-order valence-corrected chi connectivity index (χ0v) is 24.8. The maximum Gasteiger partial charge on any atom is 0.143 e. The summed E-state index contributed by atoms with van der Waals surface area (Å²) < 4.78 is 6.76. The molecule has 9 aromatic rings. The highest BCUT2D eigenvalue weighted by Crippen LogP contribution is 2.59. The van der Waals surface area contributed by atoms with Crippen molar-refractivity contribution in [2.24, 2.45) is 0 Å². The molecule has 0 amide bonds. The molecule has 1 unspecified atom stereocenters. The minimum absolute atomic E-state index is 0.266. The second kappa shape index (κ2) is 8.80. The van der Waals surface area contributed by atoms with E-state index in [2.05, 4.69) is 138 Å². The molecular formula is C44H25NO. The Bertz CT molecular complexity index is 2750. The van der Waals surface area contributed by atoms with Crippen molar-refractivity contribution in [2.45, 2.75) is 5.92 Å². The highest BCUT2D eigenvalue weighted by molar-refractivity contribution is 6.30. The average molecular weight is 584 g/mol. The van der Waals surface area contributed by atoms with Crippen molar-refractivity contribution in [1.82, 2.24) is 4.98 Å². The molecule has 1 atom stereocenters. The number of rotatable bonds is 2. The van der Waals surface area contributed by atoms with E-state index in [4.69, 9.17) is 4.42 Å². The minimum atomic E-state index is 0.266. The fourth-order valence-electron chi connectivity index (χ4n) is 8.37. The molecule has 2 aliphatic rings. The van der Waals surface area contributed by atoms with Crippen molar-refractivity contribution in [3.63, 3.8) is 0 Å². The predicted molar refractivity (Wildman–Crippen MR) is 189 cm³/mol. The molecule has 2 aromatic heterocycles. The van der Waals surface area contributed by atoms with Crippen LogP contribution in [0.5, 0.6) is 0 Å². The van der Waals surface area contributed by atoms with Crippen LogP contribution in [0.25, 0.3) is 88.1 Å². The molecule has 2 heterocycles. The van der Waals surface area contributed by atoms with Crippen LogP contribution in [0.1, 0.15) is 22.6 Å². The predicted octanol–water partition coefficient (Wildman–Crippen LogP) is 11.8. The SMILES string of the molecule is c1ccc(-c2ccc3c(c2)-c2cc(-c4ccc5c(c4)oc4c6ccccc6c6ccccc6c54)cc4c2C3c2ccccc2-4)nc1. The Morgan fingerprint density at radius 3 is 1.98 bits per heavy atom. The summed E-state index contributed by atoms with van der Waals surface area (Å²) >= 11 is 0. The van der Waals surface area contributed by atoms with E-state index in [9.17, 15) is 0 Å². The van der Waals surface area contributed by atoms with Crippen molar-refractivity contribution < 1.29 is 4.42 Å². The Hall–Kier alpha value is -5.99. The van der Waals surface area contributed by atoms with E-state index in [1.165, 1.54) is 66.1 Å². The van der Waals surface area contributed by atoms with Crippen molar-refractivity contribution in [2.75, 3.05) is 0 Å². The van der Waals surface area contributed by atoms with Crippen LogP contribution in [-0.4, -0.2) is 4.98 Å². The lowest BCUT2D eigenvalue weighted by Gasteiger charge is -2.12. The normalized spacial score (nSPS) is 14.3. The lowest BCUT2D eigenvalue weighted by molar-refractivity contribution is 0.673. The Labute approximate surface area is 265 Å². The first kappa shape index (κ1) is 24.3. The number of benzene rings is 7. The highest BCUT2D eigenvalue weighted by atomic mass is 16.3. The molecule has 2 heteroatoms. The van der Waals surface area contributed by atoms with Gasteiger partial charge in [0.1, 0.15) is 11.2 Å². The Balaban J connectivity index is 1.16. The van der Waals surface area contributed by atoms with Crippen LogP contribution in [0.3, 0.4) is 0 Å². The summed E-state index contributed by atoms with van der Waals surface area (Å²) in [5.74, 6) is 0.266. The van der Waals surface area contributed by atoms with E-state index in [1.807, 2.05) is 12.3 Å². The van der Waals surface area contributed by atoms with Gasteiger partial charge in [0.2, 0.25) is 0 Å². The molecule has 2 aliphatic carbocycles. The second-order valence-electron chi connectivity index (χ2n) is 12.6. The van der Waals surface area contributed by atoms with Gasteiger partial charge >= 0.3 is 0 Å². The van der Waals surface area contributed by atoms with Gasteiger partial charge in [0.25, 0.3) is 0 Å². The van der Waals surface area contributed by atoms with E-state index < -0.39 is 0 Å². The van der Waals surface area contributed by atoms with Crippen LogP contribution in [0.15, 0.2) is 150 Å². The Morgan fingerprint density at radius 2 is 1.13 bits per heavy atom. The van der Waals surface area contributed by atoms with E-state index in [-0.39, 0.29) is 5.92 Å². The molecule has 0 saturated carbocycles. The van der Waals surface area contributed by atoms with Gasteiger partial charge in [-0.2, -0.15) is 0 Å². The molecule has 2 nitrogen and oxygen atoms in total. The van der Waals surface area contributed by atoms with Crippen molar-refractivity contribution >= 4 is 43.5 Å². The summed E-state index contributed by atoms with van der Waals surface area (Å²) in [7, 11) is 0. The highest BCUT2D eigenvalue weighted by Gasteiger charge is 2.39. The van der Waals surface area contributed by atoms with Crippen molar-refractivity contribution in [3.8, 4) is 44.6 Å². The first-order valence-electron chi connectivity index (χ1n) is 15.9. The van der Waals surface area contributed by atoms with E-state index in [0.717, 1.165) is 38.8 Å². The third kappa shape index (κ3) is 3.13. The number of furan rings is 1. The van der Waals surface area contributed by atoms with Gasteiger partial charge in [0.15, 0.2) is 0 Å². The lowest BCUT2D eigenvalue weighted by atomic mass is 9.91. The summed E-state index contributed by atoms with van der Waals surface area (Å²) in [6, 6.07) is 50.8. The minimum Gasteiger partial charge on any atom is -0.455 e. The maximum absolute atomic E-state index is 6.76. The molecule has 0 N–H and O–H groups in total. The molecule has 0 aliphatic heterocycles. The van der Waals surface area contributed by atoms with Gasteiger partial charge in [0.05, 0.1) is 5.69 Å². The van der Waals surface area contributed by atoms with Gasteiger partial charge in [-0.15, -0.1) is 0 Å². The monoisotopic (exact) mass is 583 g/mol. The quantitative estimate of drug-likeness (QED) is 0.189. The maximum atomic E-state index is 6.76. The zero-order chi connectivity index (χ0) is 29.9. The van der Waals surface area contributed by atoms with Crippen LogP contribution in [0.4, 0.5) is 0 Å². The number of pyridine rings is 1. The number of fused-ring (bicyclic) bond motifs is 14. The zero-order valence-electron chi connectivity index (χ0n) is 24.8. The molecule has 0 fully saturated rings. The van der Waals surface area contributed by atoms with Crippen molar-refractivity contribution in [1.29, 1.82) is 0 Å². The summed E-state index contributed by atoms with van der Waals surface area (Å²) in [4.78, 5) is 4.66. The summed E-state index contributed by atoms with van der Waals surface area (Å²) in [5, 5.41) is 7.22. The Kier molecular flexibility index (Phi) is 4.66. The molecule has 0 spiro atoms. The molecule has 46 heavy (non-hydrogen) atoms. The Morgan fingerprint density at radius 1 is 0.457 bits per heavy atom. The third-order valence-electron chi connectivity index (χ3n) is 10.3. The number of aromatic nitrogens is 1. The van der Waals surface area contributed by atoms with Gasteiger partial charge in [-0.1, -0.05) is 97.1 Å². The number of nitrogens with zero attached hydrogens (tertiary/aromatic N) is 1. The molecule has 0 bridgehead atoms. The van der Waals surface area contributed by atoms with Crippen LogP contribution >= 0.6 is 0 Å². The molecule has 0 radical (unpaired) electrons. The van der Waals surface area contributed by atoms with E-state index in [1.54, 1.807) is 0 Å². The molecular weight excluding hydrogens is 558 g/mol.